The summed E-state index contributed by atoms with van der Waals surface area (Å²) in [6.45, 7) is 5.29. The van der Waals surface area contributed by atoms with Crippen LogP contribution >= 0.6 is 15.9 Å². The van der Waals surface area contributed by atoms with Gasteiger partial charge in [-0.1, -0.05) is 0 Å². The Bertz CT molecular complexity index is 923. The number of amides is 2. The molecule has 2 aromatic rings. The quantitative estimate of drug-likeness (QED) is 0.466. The standard InChI is InChI=1S/C18H22BrN5O4/c1-10(13-5-6-14(15(7-13)27-4)28-9-16(20)25)21-22-17(26)8-24-12(3)18(19)11(2)23-24/h5-7H,8-9H2,1-4H3,(H2,20,25)(H,22,26)/b21-10+. The lowest BCUT2D eigenvalue weighted by atomic mass is 10.1. The van der Waals surface area contributed by atoms with E-state index in [2.05, 4.69) is 31.6 Å². The monoisotopic (exact) mass is 451 g/mol. The number of methoxy groups -OCH3 is 1. The van der Waals surface area contributed by atoms with E-state index in [0.717, 1.165) is 21.4 Å². The van der Waals surface area contributed by atoms with E-state index in [9.17, 15) is 9.59 Å². The Labute approximate surface area is 171 Å². The molecule has 1 aromatic heterocycles. The van der Waals surface area contributed by atoms with E-state index in [-0.39, 0.29) is 19.1 Å². The number of aromatic nitrogens is 2. The molecular weight excluding hydrogens is 430 g/mol. The first-order valence-electron chi connectivity index (χ1n) is 8.35. The van der Waals surface area contributed by atoms with E-state index in [4.69, 9.17) is 15.2 Å². The molecule has 1 aromatic carbocycles. The van der Waals surface area contributed by atoms with Gasteiger partial charge in [-0.15, -0.1) is 0 Å². The van der Waals surface area contributed by atoms with Crippen molar-refractivity contribution in [2.75, 3.05) is 13.7 Å². The average Bonchev–Trinajstić information content (AvgIpc) is 2.90. The molecule has 150 valence electrons. The fourth-order valence-corrected chi connectivity index (χ4v) is 2.66. The smallest absolute Gasteiger partial charge is 0.261 e. The molecule has 0 aliphatic rings. The molecule has 0 saturated heterocycles. The van der Waals surface area contributed by atoms with E-state index < -0.39 is 5.91 Å². The second-order valence-electron chi connectivity index (χ2n) is 6.00. The van der Waals surface area contributed by atoms with Crippen molar-refractivity contribution in [1.82, 2.24) is 15.2 Å². The SMILES string of the molecule is COc1cc(/C(C)=N/NC(=O)Cn2nc(C)c(Br)c2C)ccc1OCC(N)=O. The number of hydrazone groups is 1. The fraction of sp³-hybridized carbons (Fsp3) is 0.333. The molecule has 0 radical (unpaired) electrons. The summed E-state index contributed by atoms with van der Waals surface area (Å²) in [5, 5.41) is 8.42. The van der Waals surface area contributed by atoms with Gasteiger partial charge in [-0.3, -0.25) is 14.3 Å². The zero-order valence-corrected chi connectivity index (χ0v) is 17.7. The van der Waals surface area contributed by atoms with Crippen molar-refractivity contribution < 1.29 is 19.1 Å². The Morgan fingerprint density at radius 1 is 1.32 bits per heavy atom. The number of carbonyl (C=O) groups excluding carboxylic acids is 2. The summed E-state index contributed by atoms with van der Waals surface area (Å²) < 4.78 is 13.0. The van der Waals surface area contributed by atoms with Crippen LogP contribution in [0.1, 0.15) is 23.9 Å². The molecule has 0 fully saturated rings. The van der Waals surface area contributed by atoms with Crippen molar-refractivity contribution in [3.8, 4) is 11.5 Å². The molecular formula is C18H22BrN5O4. The normalized spacial score (nSPS) is 11.2. The summed E-state index contributed by atoms with van der Waals surface area (Å²) in [5.41, 5.74) is 10.6. The molecule has 0 bridgehead atoms. The van der Waals surface area contributed by atoms with Crippen LogP contribution in [0.3, 0.4) is 0 Å². The Morgan fingerprint density at radius 2 is 2.04 bits per heavy atom. The van der Waals surface area contributed by atoms with Crippen LogP contribution in [0, 0.1) is 13.8 Å². The number of rotatable bonds is 8. The predicted molar refractivity (Wildman–Crippen MR) is 107 cm³/mol. The lowest BCUT2D eigenvalue weighted by molar-refractivity contribution is -0.122. The Balaban J connectivity index is 2.06. The van der Waals surface area contributed by atoms with Gasteiger partial charge < -0.3 is 15.2 Å². The lowest BCUT2D eigenvalue weighted by Crippen LogP contribution is -2.25. The number of nitrogens with one attached hydrogen (secondary N) is 1. The van der Waals surface area contributed by atoms with Crippen LogP contribution < -0.4 is 20.6 Å². The third-order valence-electron chi connectivity index (χ3n) is 3.89. The molecule has 0 aliphatic carbocycles. The molecule has 2 rings (SSSR count). The minimum Gasteiger partial charge on any atom is -0.493 e. The van der Waals surface area contributed by atoms with Crippen LogP contribution in [-0.2, 0) is 16.1 Å². The van der Waals surface area contributed by atoms with Gasteiger partial charge >= 0.3 is 0 Å². The summed E-state index contributed by atoms with van der Waals surface area (Å²) in [5.74, 6) is -0.0730. The topological polar surface area (TPSA) is 121 Å². The number of aryl methyl sites for hydroxylation is 1. The van der Waals surface area contributed by atoms with Crippen LogP contribution in [-0.4, -0.2) is 41.0 Å². The van der Waals surface area contributed by atoms with Crippen LogP contribution in [0.15, 0.2) is 27.8 Å². The number of nitrogens with two attached hydrogens (primary N) is 1. The fourth-order valence-electron chi connectivity index (χ4n) is 2.37. The van der Waals surface area contributed by atoms with Crippen molar-refractivity contribution in [1.29, 1.82) is 0 Å². The van der Waals surface area contributed by atoms with E-state index in [1.807, 2.05) is 13.8 Å². The van der Waals surface area contributed by atoms with Crippen molar-refractivity contribution in [2.45, 2.75) is 27.3 Å². The first kappa shape index (κ1) is 21.4. The molecule has 10 heteroatoms. The summed E-state index contributed by atoms with van der Waals surface area (Å²) >= 11 is 3.43. The second-order valence-corrected chi connectivity index (χ2v) is 6.79. The van der Waals surface area contributed by atoms with Crippen molar-refractivity contribution >= 4 is 33.5 Å². The van der Waals surface area contributed by atoms with Crippen LogP contribution in [0.4, 0.5) is 0 Å². The number of hydrogen-bond acceptors (Lipinski definition) is 6. The largest absolute Gasteiger partial charge is 0.493 e. The molecule has 0 unspecified atom stereocenters. The van der Waals surface area contributed by atoms with Gasteiger partial charge in [0.1, 0.15) is 6.54 Å². The molecule has 0 atom stereocenters. The van der Waals surface area contributed by atoms with Crippen LogP contribution in [0.2, 0.25) is 0 Å². The molecule has 2 amide bonds. The van der Waals surface area contributed by atoms with E-state index in [1.165, 1.54) is 7.11 Å². The number of ether oxygens (including phenoxy) is 2. The average molecular weight is 452 g/mol. The number of carbonyl (C=O) groups is 2. The second kappa shape index (κ2) is 9.36. The van der Waals surface area contributed by atoms with Gasteiger partial charge in [0.15, 0.2) is 18.1 Å². The number of nitrogens with zero attached hydrogens (tertiary/aromatic N) is 3. The van der Waals surface area contributed by atoms with Gasteiger partial charge in [-0.2, -0.15) is 10.2 Å². The zero-order valence-electron chi connectivity index (χ0n) is 16.1. The maximum absolute atomic E-state index is 12.2. The first-order chi connectivity index (χ1) is 13.2. The van der Waals surface area contributed by atoms with Crippen molar-refractivity contribution in [3.63, 3.8) is 0 Å². The molecule has 0 aliphatic heterocycles. The lowest BCUT2D eigenvalue weighted by Gasteiger charge is -2.11. The minimum absolute atomic E-state index is 0.0538. The number of benzene rings is 1. The van der Waals surface area contributed by atoms with E-state index in [0.29, 0.717) is 17.2 Å². The first-order valence-corrected chi connectivity index (χ1v) is 9.14. The van der Waals surface area contributed by atoms with Crippen molar-refractivity contribution in [3.05, 3.63) is 39.6 Å². The zero-order chi connectivity index (χ0) is 20.8. The molecule has 3 N–H and O–H groups in total. The summed E-state index contributed by atoms with van der Waals surface area (Å²) in [4.78, 5) is 23.0. The van der Waals surface area contributed by atoms with Crippen molar-refractivity contribution in [2.24, 2.45) is 10.8 Å². The number of hydrogen-bond donors (Lipinski definition) is 2. The summed E-state index contributed by atoms with van der Waals surface area (Å²) in [6.07, 6.45) is 0. The summed E-state index contributed by atoms with van der Waals surface area (Å²) in [7, 11) is 1.48. The van der Waals surface area contributed by atoms with E-state index in [1.54, 1.807) is 29.8 Å². The number of primary amides is 1. The summed E-state index contributed by atoms with van der Waals surface area (Å²) in [6, 6.07) is 5.08. The Hall–Kier alpha value is -2.88. The minimum atomic E-state index is -0.582. The van der Waals surface area contributed by atoms with Gasteiger partial charge in [0, 0.05) is 5.56 Å². The highest BCUT2D eigenvalue weighted by Gasteiger charge is 2.12. The highest BCUT2D eigenvalue weighted by molar-refractivity contribution is 9.10. The van der Waals surface area contributed by atoms with Gasteiger partial charge in [-0.25, -0.2) is 5.43 Å². The third kappa shape index (κ3) is 5.32. The third-order valence-corrected chi connectivity index (χ3v) is 5.03. The van der Waals surface area contributed by atoms with E-state index >= 15 is 0 Å². The highest BCUT2D eigenvalue weighted by Crippen LogP contribution is 2.28. The van der Waals surface area contributed by atoms with Gasteiger partial charge in [0.25, 0.3) is 11.8 Å². The van der Waals surface area contributed by atoms with Crippen LogP contribution in [0.5, 0.6) is 11.5 Å². The predicted octanol–water partition coefficient (Wildman–Crippen LogP) is 1.68. The molecule has 1 heterocycles. The Kier molecular flexibility index (Phi) is 7.16. The van der Waals surface area contributed by atoms with Gasteiger partial charge in [0.2, 0.25) is 0 Å². The molecule has 0 spiro atoms. The molecule has 0 saturated carbocycles. The number of halogens is 1. The molecule has 28 heavy (non-hydrogen) atoms. The van der Waals surface area contributed by atoms with Gasteiger partial charge in [-0.05, 0) is 54.9 Å². The maximum atomic E-state index is 12.2. The maximum Gasteiger partial charge on any atom is 0.261 e. The van der Waals surface area contributed by atoms with Crippen LogP contribution in [0.25, 0.3) is 0 Å². The van der Waals surface area contributed by atoms with Gasteiger partial charge in [0.05, 0.1) is 28.7 Å². The highest BCUT2D eigenvalue weighted by atomic mass is 79.9. The molecule has 9 nitrogen and oxygen atoms in total. The Morgan fingerprint density at radius 3 is 2.61 bits per heavy atom.